The first-order valence-corrected chi connectivity index (χ1v) is 11.6. The monoisotopic (exact) mass is 481 g/mol. The standard InChI is InChI=1S/C25H28FN5O4/c26-19-5-1-3-17(13-19)15-30-11-2-4-18(16-30)24(34)29-21-8-6-20(7-9-21)28-22(32)10-12-31-23(33)14-27-25(31)35/h1,3,5-9,13,18H,2,4,10-12,14-16H2,(H,27,35)(H,28,32)(H,29,34). The molecule has 0 bridgehead atoms. The molecule has 0 saturated carbocycles. The van der Waals surface area contributed by atoms with E-state index in [1.165, 1.54) is 12.1 Å². The van der Waals surface area contributed by atoms with Gasteiger partial charge >= 0.3 is 6.03 Å². The molecule has 2 aromatic carbocycles. The number of urea groups is 1. The van der Waals surface area contributed by atoms with E-state index in [0.29, 0.717) is 24.5 Å². The van der Waals surface area contributed by atoms with Gasteiger partial charge in [-0.2, -0.15) is 0 Å². The van der Waals surface area contributed by atoms with Gasteiger partial charge in [-0.05, 0) is 61.3 Å². The van der Waals surface area contributed by atoms with Gasteiger partial charge < -0.3 is 16.0 Å². The lowest BCUT2D eigenvalue weighted by Gasteiger charge is -2.32. The van der Waals surface area contributed by atoms with Crippen molar-refractivity contribution in [3.8, 4) is 0 Å². The number of carbonyl (C=O) groups excluding carboxylic acids is 4. The Balaban J connectivity index is 1.24. The minimum atomic E-state index is -0.488. The molecule has 2 saturated heterocycles. The number of rotatable bonds is 8. The quantitative estimate of drug-likeness (QED) is 0.502. The van der Waals surface area contributed by atoms with Crippen molar-refractivity contribution in [2.75, 3.05) is 36.8 Å². The second-order valence-corrected chi connectivity index (χ2v) is 8.77. The fourth-order valence-corrected chi connectivity index (χ4v) is 4.31. The lowest BCUT2D eigenvalue weighted by molar-refractivity contribution is -0.125. The third-order valence-electron chi connectivity index (χ3n) is 6.11. The normalized spacial score (nSPS) is 18.3. The molecule has 2 aromatic rings. The molecule has 2 aliphatic rings. The molecule has 35 heavy (non-hydrogen) atoms. The van der Waals surface area contributed by atoms with Crippen LogP contribution in [0, 0.1) is 11.7 Å². The molecular formula is C25H28FN5O4. The number of amides is 5. The Kier molecular flexibility index (Phi) is 7.71. The Hall–Kier alpha value is -3.79. The van der Waals surface area contributed by atoms with Crippen LogP contribution < -0.4 is 16.0 Å². The Labute approximate surface area is 202 Å². The number of hydrogen-bond acceptors (Lipinski definition) is 5. The van der Waals surface area contributed by atoms with Crippen LogP contribution in [0.25, 0.3) is 0 Å². The van der Waals surface area contributed by atoms with E-state index >= 15 is 0 Å². The molecule has 2 aliphatic heterocycles. The number of likely N-dealkylation sites (tertiary alicyclic amines) is 1. The summed E-state index contributed by atoms with van der Waals surface area (Å²) in [4.78, 5) is 51.2. The molecule has 3 N–H and O–H groups in total. The van der Waals surface area contributed by atoms with Gasteiger partial charge in [-0.1, -0.05) is 12.1 Å². The molecule has 2 heterocycles. The SMILES string of the molecule is O=C(CCN1C(=O)CNC1=O)Nc1ccc(NC(=O)C2CCCN(Cc3cccc(F)c3)C2)cc1. The minimum absolute atomic E-state index is 0.00848. The Morgan fingerprint density at radius 3 is 2.49 bits per heavy atom. The summed E-state index contributed by atoms with van der Waals surface area (Å²) in [5.74, 6) is -1.17. The number of nitrogens with one attached hydrogen (secondary N) is 3. The average molecular weight is 482 g/mol. The highest BCUT2D eigenvalue weighted by molar-refractivity contribution is 6.02. The highest BCUT2D eigenvalue weighted by Crippen LogP contribution is 2.22. The van der Waals surface area contributed by atoms with Crippen LogP contribution in [-0.2, 0) is 20.9 Å². The predicted octanol–water partition coefficient (Wildman–Crippen LogP) is 2.56. The van der Waals surface area contributed by atoms with Crippen LogP contribution in [0.15, 0.2) is 48.5 Å². The van der Waals surface area contributed by atoms with E-state index in [1.54, 1.807) is 30.3 Å². The largest absolute Gasteiger partial charge is 0.329 e. The van der Waals surface area contributed by atoms with Gasteiger partial charge in [0.1, 0.15) is 5.82 Å². The molecule has 0 radical (unpaired) electrons. The van der Waals surface area contributed by atoms with Crippen molar-refractivity contribution in [1.29, 1.82) is 0 Å². The second-order valence-electron chi connectivity index (χ2n) is 8.77. The van der Waals surface area contributed by atoms with Gasteiger partial charge in [0, 0.05) is 37.4 Å². The average Bonchev–Trinajstić information content (AvgIpc) is 3.16. The van der Waals surface area contributed by atoms with Crippen molar-refractivity contribution in [2.24, 2.45) is 5.92 Å². The molecule has 5 amide bonds. The fraction of sp³-hybridized carbons (Fsp3) is 0.360. The first-order valence-electron chi connectivity index (χ1n) is 11.6. The Bertz CT molecular complexity index is 1090. The van der Waals surface area contributed by atoms with Crippen molar-refractivity contribution in [3.63, 3.8) is 0 Å². The number of nitrogens with zero attached hydrogens (tertiary/aromatic N) is 2. The Morgan fingerprint density at radius 1 is 1.06 bits per heavy atom. The Morgan fingerprint density at radius 2 is 1.80 bits per heavy atom. The molecule has 9 nitrogen and oxygen atoms in total. The minimum Gasteiger partial charge on any atom is -0.329 e. The van der Waals surface area contributed by atoms with Crippen LogP contribution in [-0.4, -0.2) is 59.7 Å². The first kappa shape index (κ1) is 24.3. The van der Waals surface area contributed by atoms with Crippen LogP contribution in [0.5, 0.6) is 0 Å². The van der Waals surface area contributed by atoms with Crippen molar-refractivity contribution in [2.45, 2.75) is 25.8 Å². The zero-order valence-corrected chi connectivity index (χ0v) is 19.3. The van der Waals surface area contributed by atoms with E-state index in [4.69, 9.17) is 0 Å². The highest BCUT2D eigenvalue weighted by Gasteiger charge is 2.28. The zero-order chi connectivity index (χ0) is 24.8. The number of piperidine rings is 1. The van der Waals surface area contributed by atoms with Crippen molar-refractivity contribution >= 4 is 35.1 Å². The van der Waals surface area contributed by atoms with Gasteiger partial charge in [0.05, 0.1) is 12.5 Å². The molecule has 10 heteroatoms. The van der Waals surface area contributed by atoms with Crippen LogP contribution >= 0.6 is 0 Å². The summed E-state index contributed by atoms with van der Waals surface area (Å²) in [5, 5.41) is 8.06. The number of imide groups is 1. The van der Waals surface area contributed by atoms with Crippen LogP contribution in [0.1, 0.15) is 24.8 Å². The molecule has 1 unspecified atom stereocenters. The van der Waals surface area contributed by atoms with Crippen molar-refractivity contribution < 1.29 is 23.6 Å². The third-order valence-corrected chi connectivity index (χ3v) is 6.11. The van der Waals surface area contributed by atoms with E-state index in [2.05, 4.69) is 20.9 Å². The summed E-state index contributed by atoms with van der Waals surface area (Å²) < 4.78 is 13.5. The van der Waals surface area contributed by atoms with Crippen molar-refractivity contribution in [1.82, 2.24) is 15.1 Å². The summed E-state index contributed by atoms with van der Waals surface area (Å²) in [6.45, 7) is 2.05. The highest BCUT2D eigenvalue weighted by atomic mass is 19.1. The molecule has 0 aliphatic carbocycles. The number of hydrogen-bond donors (Lipinski definition) is 3. The molecule has 1 atom stereocenters. The second kappa shape index (κ2) is 11.1. The van der Waals surface area contributed by atoms with Gasteiger partial charge in [-0.15, -0.1) is 0 Å². The number of benzene rings is 2. The lowest BCUT2D eigenvalue weighted by Crippen LogP contribution is -2.40. The van der Waals surface area contributed by atoms with Gasteiger partial charge in [0.2, 0.25) is 17.7 Å². The van der Waals surface area contributed by atoms with Gasteiger partial charge in [0.25, 0.3) is 0 Å². The van der Waals surface area contributed by atoms with Crippen molar-refractivity contribution in [3.05, 3.63) is 59.9 Å². The molecule has 2 fully saturated rings. The first-order chi connectivity index (χ1) is 16.9. The van der Waals surface area contributed by atoms with Gasteiger partial charge in [-0.3, -0.25) is 24.2 Å². The number of halogens is 1. The summed E-state index contributed by atoms with van der Waals surface area (Å²) in [7, 11) is 0. The predicted molar refractivity (Wildman–Crippen MR) is 128 cm³/mol. The van der Waals surface area contributed by atoms with E-state index in [9.17, 15) is 23.6 Å². The summed E-state index contributed by atoms with van der Waals surface area (Å²) in [5.41, 5.74) is 2.05. The molecule has 184 valence electrons. The molecule has 0 spiro atoms. The van der Waals surface area contributed by atoms with Crippen LogP contribution in [0.3, 0.4) is 0 Å². The third kappa shape index (κ3) is 6.63. The van der Waals surface area contributed by atoms with Crippen LogP contribution in [0.4, 0.5) is 20.6 Å². The molecule has 4 rings (SSSR count). The molecular weight excluding hydrogens is 453 g/mol. The maximum Gasteiger partial charge on any atom is 0.324 e. The van der Waals surface area contributed by atoms with E-state index in [1.807, 2.05) is 6.07 Å². The summed E-state index contributed by atoms with van der Waals surface area (Å²) >= 11 is 0. The van der Waals surface area contributed by atoms with Crippen LogP contribution in [0.2, 0.25) is 0 Å². The van der Waals surface area contributed by atoms with Gasteiger partial charge in [-0.25, -0.2) is 9.18 Å². The van der Waals surface area contributed by atoms with E-state index < -0.39 is 6.03 Å². The van der Waals surface area contributed by atoms with E-state index in [-0.39, 0.29) is 49.0 Å². The summed E-state index contributed by atoms with van der Waals surface area (Å²) in [6, 6.07) is 12.8. The molecule has 0 aromatic heterocycles. The topological polar surface area (TPSA) is 111 Å². The smallest absolute Gasteiger partial charge is 0.324 e. The number of anilines is 2. The summed E-state index contributed by atoms with van der Waals surface area (Å²) in [6.07, 6.45) is 1.67. The van der Waals surface area contributed by atoms with Gasteiger partial charge in [0.15, 0.2) is 0 Å². The zero-order valence-electron chi connectivity index (χ0n) is 19.3. The number of carbonyl (C=O) groups is 4. The lowest BCUT2D eigenvalue weighted by atomic mass is 9.96. The maximum atomic E-state index is 13.5. The maximum absolute atomic E-state index is 13.5. The van der Waals surface area contributed by atoms with E-state index in [0.717, 1.165) is 29.8 Å². The fourth-order valence-electron chi connectivity index (χ4n) is 4.31.